The molecule has 2 N–H and O–H groups in total. The maximum absolute atomic E-state index is 12.2. The minimum atomic E-state index is -0.861. The van der Waals surface area contributed by atoms with Gasteiger partial charge >= 0.3 is 0 Å². The number of nitrogens with zero attached hydrogens (tertiary/aromatic N) is 1. The Balaban J connectivity index is 1.35. The molecule has 0 bridgehead atoms. The number of carbonyl (C=O) groups is 1. The van der Waals surface area contributed by atoms with E-state index in [-0.39, 0.29) is 12.5 Å². The van der Waals surface area contributed by atoms with Crippen LogP contribution in [-0.4, -0.2) is 60.9 Å². The quantitative estimate of drug-likeness (QED) is 0.620. The first kappa shape index (κ1) is 22.1. The lowest BCUT2D eigenvalue weighted by Gasteiger charge is -2.27. The van der Waals surface area contributed by atoms with Crippen molar-refractivity contribution in [1.29, 1.82) is 0 Å². The van der Waals surface area contributed by atoms with Crippen LogP contribution in [0.4, 0.5) is 0 Å². The number of aryl methyl sites for hydroxylation is 1. The van der Waals surface area contributed by atoms with Crippen LogP contribution in [0, 0.1) is 6.92 Å². The lowest BCUT2D eigenvalue weighted by molar-refractivity contribution is -0.122. The van der Waals surface area contributed by atoms with Crippen molar-refractivity contribution < 1.29 is 19.4 Å². The summed E-state index contributed by atoms with van der Waals surface area (Å²) in [5, 5.41) is 13.8. The average molecular weight is 413 g/mol. The van der Waals surface area contributed by atoms with Gasteiger partial charge < -0.3 is 19.9 Å². The molecule has 1 aliphatic heterocycles. The predicted molar refractivity (Wildman–Crippen MR) is 117 cm³/mol. The summed E-state index contributed by atoms with van der Waals surface area (Å²) < 4.78 is 11.4. The molecule has 162 valence electrons. The van der Waals surface area contributed by atoms with Crippen LogP contribution in [0.2, 0.25) is 0 Å². The zero-order chi connectivity index (χ0) is 21.2. The van der Waals surface area contributed by atoms with Crippen LogP contribution >= 0.6 is 0 Å². The maximum atomic E-state index is 12.2. The van der Waals surface area contributed by atoms with Gasteiger partial charge in [0.25, 0.3) is 0 Å². The number of hydrogen-bond acceptors (Lipinski definition) is 5. The highest BCUT2D eigenvalue weighted by Gasteiger charge is 2.31. The Bertz CT molecular complexity index is 782. The van der Waals surface area contributed by atoms with Gasteiger partial charge in [-0.1, -0.05) is 35.9 Å². The van der Waals surface area contributed by atoms with E-state index < -0.39 is 5.60 Å². The molecular weight excluding hydrogens is 380 g/mol. The molecule has 0 spiro atoms. The van der Waals surface area contributed by atoms with Crippen molar-refractivity contribution in [1.82, 2.24) is 10.2 Å². The summed E-state index contributed by atoms with van der Waals surface area (Å²) in [6, 6.07) is 17.4. The van der Waals surface area contributed by atoms with Gasteiger partial charge in [0.15, 0.2) is 0 Å². The number of hydrogen-bond donors (Lipinski definition) is 2. The third kappa shape index (κ3) is 7.35. The largest absolute Gasteiger partial charge is 0.492 e. The number of nitrogens with one attached hydrogen (secondary N) is 1. The van der Waals surface area contributed by atoms with Gasteiger partial charge in [-0.25, -0.2) is 0 Å². The molecular formula is C24H32N2O4. The molecule has 1 atom stereocenters. The summed E-state index contributed by atoms with van der Waals surface area (Å²) >= 11 is 0. The minimum Gasteiger partial charge on any atom is -0.492 e. The van der Waals surface area contributed by atoms with Crippen LogP contribution in [0.5, 0.6) is 11.5 Å². The second-order valence-corrected chi connectivity index (χ2v) is 7.97. The normalized spacial score (nSPS) is 19.7. The maximum Gasteiger partial charge on any atom is 0.234 e. The highest BCUT2D eigenvalue weighted by atomic mass is 16.5. The standard InChI is InChI=1S/C24H32N2O4/c1-20-8-10-22(11-9-20)30-19-24(28)12-5-15-26(16-13-24)18-23(27)25-14-17-29-21-6-3-2-4-7-21/h2-4,6-11,28H,5,12-19H2,1H3,(H,25,27). The summed E-state index contributed by atoms with van der Waals surface area (Å²) in [7, 11) is 0. The molecule has 2 aromatic rings. The van der Waals surface area contributed by atoms with E-state index in [1.165, 1.54) is 5.56 Å². The zero-order valence-electron chi connectivity index (χ0n) is 17.7. The van der Waals surface area contributed by atoms with Crippen molar-refractivity contribution in [2.24, 2.45) is 0 Å². The van der Waals surface area contributed by atoms with E-state index in [0.29, 0.717) is 39.1 Å². The lowest BCUT2D eigenvalue weighted by Crippen LogP contribution is -2.40. The summed E-state index contributed by atoms with van der Waals surface area (Å²) in [4.78, 5) is 14.3. The van der Waals surface area contributed by atoms with E-state index >= 15 is 0 Å². The summed E-state index contributed by atoms with van der Waals surface area (Å²) in [5.41, 5.74) is 0.315. The number of benzene rings is 2. The number of likely N-dealkylation sites (tertiary alicyclic amines) is 1. The number of amides is 1. The number of rotatable bonds is 9. The zero-order valence-corrected chi connectivity index (χ0v) is 17.7. The first-order chi connectivity index (χ1) is 14.5. The third-order valence-electron chi connectivity index (χ3n) is 5.34. The van der Waals surface area contributed by atoms with Crippen LogP contribution in [0.1, 0.15) is 24.8 Å². The molecule has 1 saturated heterocycles. The number of para-hydroxylation sites is 1. The molecule has 1 fully saturated rings. The van der Waals surface area contributed by atoms with Crippen LogP contribution in [-0.2, 0) is 4.79 Å². The van der Waals surface area contributed by atoms with E-state index in [1.54, 1.807) is 0 Å². The first-order valence-corrected chi connectivity index (χ1v) is 10.6. The highest BCUT2D eigenvalue weighted by molar-refractivity contribution is 5.78. The van der Waals surface area contributed by atoms with Crippen molar-refractivity contribution in [2.75, 3.05) is 39.4 Å². The Morgan fingerprint density at radius 3 is 2.53 bits per heavy atom. The van der Waals surface area contributed by atoms with Gasteiger partial charge in [0.05, 0.1) is 18.7 Å². The molecule has 30 heavy (non-hydrogen) atoms. The smallest absolute Gasteiger partial charge is 0.234 e. The monoisotopic (exact) mass is 412 g/mol. The molecule has 0 saturated carbocycles. The van der Waals surface area contributed by atoms with E-state index in [0.717, 1.165) is 24.5 Å². The topological polar surface area (TPSA) is 71.0 Å². The number of carbonyl (C=O) groups excluding carboxylic acids is 1. The molecule has 1 aliphatic rings. The van der Waals surface area contributed by atoms with Crippen molar-refractivity contribution in [3.8, 4) is 11.5 Å². The van der Waals surface area contributed by atoms with Crippen molar-refractivity contribution in [3.63, 3.8) is 0 Å². The van der Waals surface area contributed by atoms with Crippen LogP contribution in [0.25, 0.3) is 0 Å². The van der Waals surface area contributed by atoms with Gasteiger partial charge in [0, 0.05) is 6.54 Å². The molecule has 0 radical (unpaired) electrons. The van der Waals surface area contributed by atoms with Gasteiger partial charge in [-0.15, -0.1) is 0 Å². The second-order valence-electron chi connectivity index (χ2n) is 7.97. The molecule has 1 amide bonds. The minimum absolute atomic E-state index is 0.0204. The molecule has 6 heteroatoms. The predicted octanol–water partition coefficient (Wildman–Crippen LogP) is 2.79. The summed E-state index contributed by atoms with van der Waals surface area (Å²) in [6.07, 6.45) is 2.09. The summed E-state index contributed by atoms with van der Waals surface area (Å²) in [5.74, 6) is 1.55. The molecule has 1 heterocycles. The molecule has 2 aromatic carbocycles. The lowest BCUT2D eigenvalue weighted by atomic mass is 9.96. The van der Waals surface area contributed by atoms with Gasteiger partial charge in [-0.3, -0.25) is 9.69 Å². The second kappa shape index (κ2) is 11.0. The Labute approximate surface area is 178 Å². The molecule has 1 unspecified atom stereocenters. The van der Waals surface area contributed by atoms with Gasteiger partial charge in [0.2, 0.25) is 5.91 Å². The van der Waals surface area contributed by atoms with Gasteiger partial charge in [-0.2, -0.15) is 0 Å². The molecule has 0 aliphatic carbocycles. The molecule has 3 rings (SSSR count). The van der Waals surface area contributed by atoms with Crippen LogP contribution < -0.4 is 14.8 Å². The Kier molecular flexibility index (Phi) is 8.11. The van der Waals surface area contributed by atoms with E-state index in [2.05, 4.69) is 10.2 Å². The fourth-order valence-electron chi connectivity index (χ4n) is 3.52. The van der Waals surface area contributed by atoms with E-state index in [1.807, 2.05) is 61.5 Å². The van der Waals surface area contributed by atoms with Crippen LogP contribution in [0.3, 0.4) is 0 Å². The molecule has 0 aromatic heterocycles. The van der Waals surface area contributed by atoms with E-state index in [4.69, 9.17) is 9.47 Å². The fourth-order valence-corrected chi connectivity index (χ4v) is 3.52. The van der Waals surface area contributed by atoms with Crippen molar-refractivity contribution in [3.05, 3.63) is 60.2 Å². The van der Waals surface area contributed by atoms with Crippen molar-refractivity contribution in [2.45, 2.75) is 31.8 Å². The fraction of sp³-hybridized carbons (Fsp3) is 0.458. The SMILES string of the molecule is Cc1ccc(OCC2(O)CCCN(CC(=O)NCCOc3ccccc3)CC2)cc1. The van der Waals surface area contributed by atoms with Gasteiger partial charge in [0.1, 0.15) is 24.7 Å². The third-order valence-corrected chi connectivity index (χ3v) is 5.34. The Hall–Kier alpha value is -2.57. The molecule has 6 nitrogen and oxygen atoms in total. The Morgan fingerprint density at radius 1 is 1.03 bits per heavy atom. The Morgan fingerprint density at radius 2 is 1.77 bits per heavy atom. The van der Waals surface area contributed by atoms with E-state index in [9.17, 15) is 9.90 Å². The highest BCUT2D eigenvalue weighted by Crippen LogP contribution is 2.24. The van der Waals surface area contributed by atoms with Crippen molar-refractivity contribution >= 4 is 5.91 Å². The number of ether oxygens (including phenoxy) is 2. The average Bonchev–Trinajstić information content (AvgIpc) is 2.93. The number of aliphatic hydroxyl groups is 1. The van der Waals surface area contributed by atoms with Gasteiger partial charge in [-0.05, 0) is 57.0 Å². The first-order valence-electron chi connectivity index (χ1n) is 10.6. The van der Waals surface area contributed by atoms with Crippen LogP contribution in [0.15, 0.2) is 54.6 Å². The summed E-state index contributed by atoms with van der Waals surface area (Å²) in [6.45, 7) is 5.00.